The lowest BCUT2D eigenvalue weighted by Crippen LogP contribution is -2.20. The van der Waals surface area contributed by atoms with E-state index >= 15 is 0 Å². The summed E-state index contributed by atoms with van der Waals surface area (Å²) in [6.07, 6.45) is 3.36. The molecule has 1 heterocycles. The van der Waals surface area contributed by atoms with Crippen molar-refractivity contribution in [2.75, 3.05) is 6.54 Å². The van der Waals surface area contributed by atoms with Gasteiger partial charge in [0.2, 0.25) is 0 Å². The summed E-state index contributed by atoms with van der Waals surface area (Å²) >= 11 is 0. The zero-order valence-corrected chi connectivity index (χ0v) is 9.46. The minimum absolute atomic E-state index is 0.00929. The third-order valence-electron chi connectivity index (χ3n) is 2.60. The van der Waals surface area contributed by atoms with Crippen molar-refractivity contribution in [3.05, 3.63) is 52.7 Å². The van der Waals surface area contributed by atoms with Crippen molar-refractivity contribution in [1.82, 2.24) is 9.13 Å². The number of nitrogens with two attached hydrogens (primary N) is 1. The van der Waals surface area contributed by atoms with Gasteiger partial charge in [-0.15, -0.1) is 0 Å². The first-order valence-corrected chi connectivity index (χ1v) is 5.21. The average molecular weight is 231 g/mol. The number of Topliss-reactive ketones (excluding diaryl/α,β-unsaturated/α-hetero) is 1. The molecule has 0 fully saturated rings. The van der Waals surface area contributed by atoms with Gasteiger partial charge in [0.05, 0.1) is 12.2 Å². The molecule has 0 unspecified atom stereocenters. The van der Waals surface area contributed by atoms with Crippen LogP contribution in [0.4, 0.5) is 0 Å². The number of rotatable bonds is 3. The minimum Gasteiger partial charge on any atom is -0.324 e. The molecule has 17 heavy (non-hydrogen) atoms. The predicted octanol–water partition coefficient (Wildman–Crippen LogP) is 0.317. The van der Waals surface area contributed by atoms with Crippen LogP contribution < -0.4 is 11.4 Å². The van der Waals surface area contributed by atoms with E-state index in [9.17, 15) is 9.59 Å². The van der Waals surface area contributed by atoms with E-state index in [4.69, 9.17) is 5.73 Å². The largest absolute Gasteiger partial charge is 0.332 e. The number of imidazole rings is 1. The van der Waals surface area contributed by atoms with Crippen LogP contribution in [0.2, 0.25) is 0 Å². The minimum atomic E-state index is -0.122. The van der Waals surface area contributed by atoms with Gasteiger partial charge in [0.25, 0.3) is 0 Å². The zero-order chi connectivity index (χ0) is 12.4. The molecule has 0 aliphatic heterocycles. The van der Waals surface area contributed by atoms with E-state index in [1.165, 1.54) is 9.13 Å². The number of carbonyl (C=O) groups is 1. The molecule has 0 saturated heterocycles. The molecule has 0 saturated carbocycles. The fourth-order valence-corrected chi connectivity index (χ4v) is 1.59. The lowest BCUT2D eigenvalue weighted by Gasteiger charge is -2.02. The summed E-state index contributed by atoms with van der Waals surface area (Å²) < 4.78 is 3.00. The van der Waals surface area contributed by atoms with E-state index in [-0.39, 0.29) is 18.0 Å². The first-order chi connectivity index (χ1) is 8.13. The fraction of sp³-hybridized carbons (Fsp3) is 0.167. The Morgan fingerprint density at radius 3 is 2.35 bits per heavy atom. The van der Waals surface area contributed by atoms with Crippen LogP contribution in [-0.4, -0.2) is 21.5 Å². The third-order valence-corrected chi connectivity index (χ3v) is 2.60. The van der Waals surface area contributed by atoms with Crippen LogP contribution in [-0.2, 0) is 7.05 Å². The Labute approximate surface area is 98.1 Å². The van der Waals surface area contributed by atoms with E-state index < -0.39 is 0 Å². The van der Waals surface area contributed by atoms with E-state index in [1.54, 1.807) is 43.7 Å². The summed E-state index contributed by atoms with van der Waals surface area (Å²) in [4.78, 5) is 23.0. The van der Waals surface area contributed by atoms with Crippen LogP contribution in [0.1, 0.15) is 10.4 Å². The first-order valence-electron chi connectivity index (χ1n) is 5.21. The maximum atomic E-state index is 11.7. The van der Waals surface area contributed by atoms with E-state index in [2.05, 4.69) is 0 Å². The molecule has 0 spiro atoms. The summed E-state index contributed by atoms with van der Waals surface area (Å²) in [7, 11) is 1.69. The van der Waals surface area contributed by atoms with Gasteiger partial charge in [-0.05, 0) is 24.3 Å². The molecule has 88 valence electrons. The predicted molar refractivity (Wildman–Crippen MR) is 64.4 cm³/mol. The van der Waals surface area contributed by atoms with Crippen LogP contribution in [0, 0.1) is 0 Å². The van der Waals surface area contributed by atoms with Gasteiger partial charge in [0.1, 0.15) is 0 Å². The standard InChI is InChI=1S/C12H13N3O2/c1-14-6-7-15(12(14)17)10-4-2-9(3-5-10)11(16)8-13/h2-7H,8,13H2,1H3. The molecular formula is C12H13N3O2. The molecule has 0 aliphatic rings. The average Bonchev–Trinajstić information content (AvgIpc) is 2.69. The Morgan fingerprint density at radius 2 is 1.88 bits per heavy atom. The van der Waals surface area contributed by atoms with Crippen molar-refractivity contribution >= 4 is 5.78 Å². The number of hydrogen-bond donors (Lipinski definition) is 1. The van der Waals surface area contributed by atoms with Crippen molar-refractivity contribution in [1.29, 1.82) is 0 Å². The summed E-state index contributed by atoms with van der Waals surface area (Å²) in [5.74, 6) is -0.114. The van der Waals surface area contributed by atoms with E-state index in [0.717, 1.165) is 5.69 Å². The molecule has 2 N–H and O–H groups in total. The van der Waals surface area contributed by atoms with Crippen molar-refractivity contribution in [3.63, 3.8) is 0 Å². The second-order valence-electron chi connectivity index (χ2n) is 3.74. The Balaban J connectivity index is 2.39. The number of ketones is 1. The van der Waals surface area contributed by atoms with Crippen molar-refractivity contribution in [2.45, 2.75) is 0 Å². The molecular weight excluding hydrogens is 218 g/mol. The molecule has 1 aromatic heterocycles. The van der Waals surface area contributed by atoms with Crippen LogP contribution in [0.3, 0.4) is 0 Å². The zero-order valence-electron chi connectivity index (χ0n) is 9.46. The molecule has 2 aromatic rings. The highest BCUT2D eigenvalue weighted by molar-refractivity contribution is 5.97. The molecule has 2 rings (SSSR count). The van der Waals surface area contributed by atoms with Gasteiger partial charge in [0.15, 0.2) is 5.78 Å². The van der Waals surface area contributed by atoms with Gasteiger partial charge < -0.3 is 10.3 Å². The lowest BCUT2D eigenvalue weighted by molar-refractivity contribution is 0.100. The highest BCUT2D eigenvalue weighted by atomic mass is 16.1. The summed E-state index contributed by atoms with van der Waals surface area (Å²) in [6, 6.07) is 6.79. The lowest BCUT2D eigenvalue weighted by atomic mass is 10.1. The molecule has 5 heteroatoms. The molecule has 0 bridgehead atoms. The number of carbonyl (C=O) groups excluding carboxylic acids is 1. The smallest absolute Gasteiger partial charge is 0.324 e. The molecule has 0 amide bonds. The molecule has 1 aromatic carbocycles. The van der Waals surface area contributed by atoms with E-state index in [1.807, 2.05) is 0 Å². The maximum Gasteiger partial charge on any atom is 0.332 e. The first kappa shape index (κ1) is 11.3. The number of aromatic nitrogens is 2. The number of nitrogens with zero attached hydrogens (tertiary/aromatic N) is 2. The van der Waals surface area contributed by atoms with Gasteiger partial charge in [-0.2, -0.15) is 0 Å². The third kappa shape index (κ3) is 2.05. The monoisotopic (exact) mass is 231 g/mol. The Bertz CT molecular complexity index is 593. The topological polar surface area (TPSA) is 70.0 Å². The molecule has 0 radical (unpaired) electrons. The molecule has 0 atom stereocenters. The second kappa shape index (κ2) is 4.39. The van der Waals surface area contributed by atoms with Crippen molar-refractivity contribution in [2.24, 2.45) is 12.8 Å². The summed E-state index contributed by atoms with van der Waals surface area (Å²) in [6.45, 7) is -0.00929. The Kier molecular flexibility index (Phi) is 2.93. The van der Waals surface area contributed by atoms with Crippen LogP contribution in [0.25, 0.3) is 5.69 Å². The summed E-state index contributed by atoms with van der Waals surface area (Å²) in [5, 5.41) is 0. The molecule has 0 aliphatic carbocycles. The number of aryl methyl sites for hydroxylation is 1. The van der Waals surface area contributed by atoms with Crippen LogP contribution in [0.5, 0.6) is 0 Å². The quantitative estimate of drug-likeness (QED) is 0.773. The maximum absolute atomic E-state index is 11.7. The Hall–Kier alpha value is -2.14. The number of hydrogen-bond acceptors (Lipinski definition) is 3. The second-order valence-corrected chi connectivity index (χ2v) is 3.74. The van der Waals surface area contributed by atoms with Gasteiger partial charge in [-0.1, -0.05) is 0 Å². The van der Waals surface area contributed by atoms with Gasteiger partial charge in [-0.25, -0.2) is 4.79 Å². The van der Waals surface area contributed by atoms with Gasteiger partial charge in [0, 0.05) is 25.0 Å². The van der Waals surface area contributed by atoms with E-state index in [0.29, 0.717) is 5.56 Å². The SMILES string of the molecule is Cn1ccn(-c2ccc(C(=O)CN)cc2)c1=O. The van der Waals surface area contributed by atoms with Crippen molar-refractivity contribution in [3.8, 4) is 5.69 Å². The fourth-order valence-electron chi connectivity index (χ4n) is 1.59. The molecule has 5 nitrogen and oxygen atoms in total. The highest BCUT2D eigenvalue weighted by Crippen LogP contribution is 2.08. The summed E-state index contributed by atoms with van der Waals surface area (Å²) in [5.41, 5.74) is 6.43. The van der Waals surface area contributed by atoms with Gasteiger partial charge in [-0.3, -0.25) is 9.36 Å². The Morgan fingerprint density at radius 1 is 1.24 bits per heavy atom. The van der Waals surface area contributed by atoms with Gasteiger partial charge >= 0.3 is 5.69 Å². The van der Waals surface area contributed by atoms with Crippen LogP contribution in [0.15, 0.2) is 41.5 Å². The van der Waals surface area contributed by atoms with Crippen LogP contribution >= 0.6 is 0 Å². The van der Waals surface area contributed by atoms with Crippen molar-refractivity contribution < 1.29 is 4.79 Å². The number of benzene rings is 1. The highest BCUT2D eigenvalue weighted by Gasteiger charge is 2.05. The normalized spacial score (nSPS) is 10.5.